The largest absolute Gasteiger partial charge is 0.378 e. The average molecular weight is 402 g/mol. The van der Waals surface area contributed by atoms with Gasteiger partial charge < -0.3 is 15.0 Å². The van der Waals surface area contributed by atoms with Crippen LogP contribution in [0.1, 0.15) is 5.56 Å². The summed E-state index contributed by atoms with van der Waals surface area (Å²) in [6.45, 7) is 3.62. The molecule has 140 valence electrons. The molecule has 7 nitrogen and oxygen atoms in total. The van der Waals surface area contributed by atoms with Gasteiger partial charge in [-0.05, 0) is 5.56 Å². The van der Waals surface area contributed by atoms with Gasteiger partial charge in [-0.1, -0.05) is 53.4 Å². The fourth-order valence-electron chi connectivity index (χ4n) is 2.70. The second-order valence-electron chi connectivity index (χ2n) is 5.98. The molecule has 0 atom stereocenters. The summed E-state index contributed by atoms with van der Waals surface area (Å²) in [6.07, 6.45) is 1.51. The Kier molecular flexibility index (Phi) is 5.81. The third-order valence-electron chi connectivity index (χ3n) is 4.10. The van der Waals surface area contributed by atoms with Gasteiger partial charge in [0.05, 0.1) is 19.0 Å². The summed E-state index contributed by atoms with van der Waals surface area (Å²) in [4.78, 5) is 27.6. The number of nitrogens with one attached hydrogen (secondary N) is 1. The molecule has 2 aromatic heterocycles. The number of rotatable bonds is 6. The van der Waals surface area contributed by atoms with Crippen molar-refractivity contribution in [1.29, 1.82) is 0 Å². The van der Waals surface area contributed by atoms with Crippen molar-refractivity contribution in [1.82, 2.24) is 20.3 Å². The first-order chi connectivity index (χ1) is 13.3. The zero-order valence-corrected chi connectivity index (χ0v) is 16.3. The third kappa shape index (κ3) is 4.55. The van der Waals surface area contributed by atoms with E-state index in [1.807, 2.05) is 30.3 Å². The SMILES string of the molecule is O=C(CSc1ncnc2nc(N3CCOCC3)sc12)NCc1ccccc1. The molecule has 3 heterocycles. The Labute approximate surface area is 165 Å². The molecule has 1 fully saturated rings. The van der Waals surface area contributed by atoms with Crippen LogP contribution < -0.4 is 10.2 Å². The molecule has 0 radical (unpaired) electrons. The maximum absolute atomic E-state index is 12.2. The van der Waals surface area contributed by atoms with E-state index in [1.165, 1.54) is 18.1 Å². The second kappa shape index (κ2) is 8.64. The highest BCUT2D eigenvalue weighted by atomic mass is 32.2. The highest BCUT2D eigenvalue weighted by Crippen LogP contribution is 2.33. The lowest BCUT2D eigenvalue weighted by Crippen LogP contribution is -2.36. The number of benzene rings is 1. The van der Waals surface area contributed by atoms with Crippen LogP contribution in [0.4, 0.5) is 5.13 Å². The van der Waals surface area contributed by atoms with Crippen LogP contribution in [0.5, 0.6) is 0 Å². The first kappa shape index (κ1) is 18.1. The normalized spacial score (nSPS) is 14.4. The molecular weight excluding hydrogens is 382 g/mol. The maximum Gasteiger partial charge on any atom is 0.230 e. The quantitative estimate of drug-likeness (QED) is 0.501. The molecule has 1 amide bonds. The number of thiazole rings is 1. The molecule has 9 heteroatoms. The predicted molar refractivity (Wildman–Crippen MR) is 107 cm³/mol. The number of aromatic nitrogens is 3. The van der Waals surface area contributed by atoms with Crippen molar-refractivity contribution in [2.45, 2.75) is 11.6 Å². The molecule has 3 aromatic rings. The summed E-state index contributed by atoms with van der Waals surface area (Å²) >= 11 is 2.99. The Bertz CT molecular complexity index is 913. The van der Waals surface area contributed by atoms with Crippen LogP contribution >= 0.6 is 23.1 Å². The smallest absolute Gasteiger partial charge is 0.230 e. The fourth-order valence-corrected chi connectivity index (χ4v) is 4.67. The maximum atomic E-state index is 12.2. The Hall–Kier alpha value is -2.23. The molecule has 0 spiro atoms. The molecule has 0 aliphatic carbocycles. The van der Waals surface area contributed by atoms with Crippen molar-refractivity contribution in [3.05, 3.63) is 42.2 Å². The van der Waals surface area contributed by atoms with Crippen LogP contribution in [-0.2, 0) is 16.1 Å². The highest BCUT2D eigenvalue weighted by molar-refractivity contribution is 8.00. The van der Waals surface area contributed by atoms with E-state index in [4.69, 9.17) is 4.74 Å². The van der Waals surface area contributed by atoms with Crippen molar-refractivity contribution in [2.75, 3.05) is 37.0 Å². The van der Waals surface area contributed by atoms with E-state index in [-0.39, 0.29) is 5.91 Å². The minimum Gasteiger partial charge on any atom is -0.378 e. The Morgan fingerprint density at radius 3 is 2.85 bits per heavy atom. The predicted octanol–water partition coefficient (Wildman–Crippen LogP) is 2.33. The monoisotopic (exact) mass is 401 g/mol. The molecule has 0 bridgehead atoms. The number of ether oxygens (including phenoxy) is 1. The van der Waals surface area contributed by atoms with Gasteiger partial charge in [0, 0.05) is 19.6 Å². The zero-order valence-electron chi connectivity index (χ0n) is 14.6. The Balaban J connectivity index is 1.39. The Morgan fingerprint density at radius 2 is 2.04 bits per heavy atom. The average Bonchev–Trinajstić information content (AvgIpc) is 3.17. The summed E-state index contributed by atoms with van der Waals surface area (Å²) in [5.74, 6) is 0.289. The van der Waals surface area contributed by atoms with E-state index in [2.05, 4.69) is 25.2 Å². The van der Waals surface area contributed by atoms with Gasteiger partial charge in [0.2, 0.25) is 5.91 Å². The highest BCUT2D eigenvalue weighted by Gasteiger charge is 2.18. The summed E-state index contributed by atoms with van der Waals surface area (Å²) in [7, 11) is 0. The number of anilines is 1. The molecule has 1 N–H and O–H groups in total. The lowest BCUT2D eigenvalue weighted by atomic mass is 10.2. The zero-order chi connectivity index (χ0) is 18.5. The molecule has 27 heavy (non-hydrogen) atoms. The topological polar surface area (TPSA) is 80.2 Å². The van der Waals surface area contributed by atoms with E-state index in [1.54, 1.807) is 11.3 Å². The summed E-state index contributed by atoms with van der Waals surface area (Å²) in [5.41, 5.74) is 1.77. The third-order valence-corrected chi connectivity index (χ3v) is 6.33. The van der Waals surface area contributed by atoms with Crippen LogP contribution in [0.3, 0.4) is 0 Å². The van der Waals surface area contributed by atoms with Gasteiger partial charge in [0.25, 0.3) is 0 Å². The lowest BCUT2D eigenvalue weighted by molar-refractivity contribution is -0.118. The molecule has 0 unspecified atom stereocenters. The fraction of sp³-hybridized carbons (Fsp3) is 0.333. The van der Waals surface area contributed by atoms with Crippen LogP contribution in [0.2, 0.25) is 0 Å². The molecule has 1 aromatic carbocycles. The minimum atomic E-state index is -0.0199. The first-order valence-corrected chi connectivity index (χ1v) is 10.5. The molecule has 4 rings (SSSR count). The number of thioether (sulfide) groups is 1. The van der Waals surface area contributed by atoms with Gasteiger partial charge in [-0.3, -0.25) is 4.79 Å². The van der Waals surface area contributed by atoms with Gasteiger partial charge in [0.15, 0.2) is 10.8 Å². The van der Waals surface area contributed by atoms with Crippen molar-refractivity contribution in [3.63, 3.8) is 0 Å². The van der Waals surface area contributed by atoms with E-state index in [0.717, 1.165) is 33.5 Å². The minimum absolute atomic E-state index is 0.0199. The molecule has 0 saturated carbocycles. The van der Waals surface area contributed by atoms with Crippen molar-refractivity contribution < 1.29 is 9.53 Å². The number of fused-ring (bicyclic) bond motifs is 1. The van der Waals surface area contributed by atoms with Crippen molar-refractivity contribution in [3.8, 4) is 0 Å². The molecule has 1 aliphatic rings. The Morgan fingerprint density at radius 1 is 1.22 bits per heavy atom. The summed E-state index contributed by atoms with van der Waals surface area (Å²) < 4.78 is 6.33. The number of amides is 1. The van der Waals surface area contributed by atoms with Crippen LogP contribution in [0.25, 0.3) is 10.3 Å². The summed E-state index contributed by atoms with van der Waals surface area (Å²) in [6, 6.07) is 9.87. The number of nitrogens with zero attached hydrogens (tertiary/aromatic N) is 4. The standard InChI is InChI=1S/C18H19N5O2S2/c24-14(19-10-13-4-2-1-3-5-13)11-26-17-15-16(20-12-21-17)22-18(27-15)23-6-8-25-9-7-23/h1-5,12H,6-11H2,(H,19,24). The first-order valence-electron chi connectivity index (χ1n) is 8.67. The van der Waals surface area contributed by atoms with Gasteiger partial charge >= 0.3 is 0 Å². The number of hydrogen-bond acceptors (Lipinski definition) is 8. The number of carbonyl (C=O) groups is 1. The number of hydrogen-bond donors (Lipinski definition) is 1. The molecular formula is C18H19N5O2S2. The van der Waals surface area contributed by atoms with E-state index in [0.29, 0.717) is 31.2 Å². The van der Waals surface area contributed by atoms with E-state index in [9.17, 15) is 4.79 Å². The van der Waals surface area contributed by atoms with Crippen LogP contribution in [0, 0.1) is 0 Å². The van der Waals surface area contributed by atoms with E-state index >= 15 is 0 Å². The van der Waals surface area contributed by atoms with Gasteiger partial charge in [0.1, 0.15) is 16.1 Å². The molecule has 1 saturated heterocycles. The summed E-state index contributed by atoms with van der Waals surface area (Å²) in [5, 5.41) is 4.67. The van der Waals surface area contributed by atoms with Crippen LogP contribution in [-0.4, -0.2) is 52.9 Å². The van der Waals surface area contributed by atoms with E-state index < -0.39 is 0 Å². The second-order valence-corrected chi connectivity index (χ2v) is 7.92. The molecule has 1 aliphatic heterocycles. The van der Waals surface area contributed by atoms with Gasteiger partial charge in [-0.2, -0.15) is 4.98 Å². The van der Waals surface area contributed by atoms with Crippen LogP contribution in [0.15, 0.2) is 41.7 Å². The number of morpholine rings is 1. The number of carbonyl (C=O) groups excluding carboxylic acids is 1. The van der Waals surface area contributed by atoms with Crippen molar-refractivity contribution in [2.24, 2.45) is 0 Å². The van der Waals surface area contributed by atoms with Crippen molar-refractivity contribution >= 4 is 44.5 Å². The van der Waals surface area contributed by atoms with Gasteiger partial charge in [-0.15, -0.1) is 0 Å². The van der Waals surface area contributed by atoms with Gasteiger partial charge in [-0.25, -0.2) is 9.97 Å². The lowest BCUT2D eigenvalue weighted by Gasteiger charge is -2.25.